The van der Waals surface area contributed by atoms with Crippen molar-refractivity contribution in [1.29, 1.82) is 0 Å². The van der Waals surface area contributed by atoms with E-state index in [0.29, 0.717) is 11.4 Å². The molecule has 3 aromatic heterocycles. The molecular weight excluding hydrogens is 512 g/mol. The van der Waals surface area contributed by atoms with Gasteiger partial charge >= 0.3 is 0 Å². The third kappa shape index (κ3) is 7.30. The van der Waals surface area contributed by atoms with Gasteiger partial charge in [-0.15, -0.1) is 0 Å². The molecule has 0 saturated carbocycles. The highest BCUT2D eigenvalue weighted by Gasteiger charge is 2.18. The number of imidazole rings is 1. The lowest BCUT2D eigenvalue weighted by molar-refractivity contribution is 0.102. The van der Waals surface area contributed by atoms with Crippen LogP contribution in [0.4, 0.5) is 5.69 Å². The average molecular weight is 545 g/mol. The minimum Gasteiger partial charge on any atom is -0.456 e. The van der Waals surface area contributed by atoms with Crippen LogP contribution in [0.2, 0.25) is 0 Å². The maximum Gasteiger partial charge on any atom is 0.259 e. The number of carbonyl (C=O) groups excluding carboxylic acids is 1. The van der Waals surface area contributed by atoms with E-state index in [1.54, 1.807) is 36.7 Å². The largest absolute Gasteiger partial charge is 0.456 e. The highest BCUT2D eigenvalue weighted by atomic mass is 32.2. The highest BCUT2D eigenvalue weighted by Crippen LogP contribution is 2.29. The number of fused-ring (bicyclic) bond motifs is 1. The first-order valence-corrected chi connectivity index (χ1v) is 14.5. The number of ether oxygens (including phenoxy) is 1. The van der Waals surface area contributed by atoms with Gasteiger partial charge in [0.2, 0.25) is 0 Å². The average Bonchev–Trinajstić information content (AvgIpc) is 3.40. The van der Waals surface area contributed by atoms with Crippen LogP contribution >= 0.6 is 0 Å². The summed E-state index contributed by atoms with van der Waals surface area (Å²) in [6.07, 6.45) is 8.05. The predicted molar refractivity (Wildman–Crippen MR) is 155 cm³/mol. The molecule has 1 amide bonds. The number of aromatic nitrogens is 3. The minimum absolute atomic E-state index is 0.0508. The summed E-state index contributed by atoms with van der Waals surface area (Å²) in [6.45, 7) is 8.00. The number of nitrogens with one attached hydrogen (secondary N) is 1. The summed E-state index contributed by atoms with van der Waals surface area (Å²) in [7, 11) is -3.49. The Balaban J connectivity index is 0.00000100. The molecule has 202 valence electrons. The third-order valence-electron chi connectivity index (χ3n) is 5.31. The third-order valence-corrected chi connectivity index (χ3v) is 6.42. The van der Waals surface area contributed by atoms with Crippen LogP contribution in [-0.4, -0.2) is 34.9 Å². The summed E-state index contributed by atoms with van der Waals surface area (Å²) in [6, 6.07) is 20.5. The SMILES string of the molecule is CC.CC.CS(=O)(=O)c1ccc(C(=O)Nc2ccc(-c3cn4ccccc4n3)cc2)c(Oc2ccncc2)c1. The van der Waals surface area contributed by atoms with Gasteiger partial charge in [-0.05, 0) is 48.5 Å². The maximum atomic E-state index is 13.1. The lowest BCUT2D eigenvalue weighted by Crippen LogP contribution is -2.13. The molecule has 5 aromatic rings. The molecule has 0 radical (unpaired) electrons. The zero-order valence-corrected chi connectivity index (χ0v) is 23.4. The van der Waals surface area contributed by atoms with Gasteiger partial charge in [-0.2, -0.15) is 0 Å². The number of anilines is 1. The number of hydrogen-bond donors (Lipinski definition) is 1. The molecular formula is C30H32N4O4S. The Labute approximate surface area is 229 Å². The molecule has 1 N–H and O–H groups in total. The smallest absolute Gasteiger partial charge is 0.259 e. The molecule has 2 aromatic carbocycles. The Morgan fingerprint density at radius 1 is 0.897 bits per heavy atom. The first-order chi connectivity index (χ1) is 18.9. The summed E-state index contributed by atoms with van der Waals surface area (Å²) < 4.78 is 31.9. The van der Waals surface area contributed by atoms with Crippen LogP contribution in [0.5, 0.6) is 11.5 Å². The molecule has 0 fully saturated rings. The van der Waals surface area contributed by atoms with Crippen molar-refractivity contribution >= 4 is 27.1 Å². The molecule has 8 nitrogen and oxygen atoms in total. The minimum atomic E-state index is -3.49. The molecule has 0 aliphatic carbocycles. The molecule has 0 atom stereocenters. The van der Waals surface area contributed by atoms with Crippen LogP contribution in [0, 0.1) is 0 Å². The second kappa shape index (κ2) is 13.3. The van der Waals surface area contributed by atoms with Crippen molar-refractivity contribution in [2.24, 2.45) is 0 Å². The van der Waals surface area contributed by atoms with Gasteiger partial charge in [0.1, 0.15) is 17.1 Å². The summed E-state index contributed by atoms with van der Waals surface area (Å²) in [5.41, 5.74) is 3.34. The monoisotopic (exact) mass is 544 g/mol. The maximum absolute atomic E-state index is 13.1. The molecule has 0 bridgehead atoms. The number of rotatable bonds is 6. The van der Waals surface area contributed by atoms with Gasteiger partial charge in [0.05, 0.1) is 16.2 Å². The normalized spacial score (nSPS) is 10.5. The quantitative estimate of drug-likeness (QED) is 0.250. The van der Waals surface area contributed by atoms with Crippen LogP contribution in [0.15, 0.2) is 102 Å². The van der Waals surface area contributed by atoms with Crippen molar-refractivity contribution < 1.29 is 17.9 Å². The topological polar surface area (TPSA) is 103 Å². The molecule has 5 rings (SSSR count). The van der Waals surface area contributed by atoms with E-state index in [1.807, 2.05) is 74.8 Å². The van der Waals surface area contributed by atoms with Crippen LogP contribution in [0.1, 0.15) is 38.1 Å². The molecule has 0 saturated heterocycles. The first-order valence-electron chi connectivity index (χ1n) is 12.6. The van der Waals surface area contributed by atoms with E-state index in [2.05, 4.69) is 15.3 Å². The number of benzene rings is 2. The van der Waals surface area contributed by atoms with Gasteiger partial charge in [-0.1, -0.05) is 45.9 Å². The molecule has 9 heteroatoms. The van der Waals surface area contributed by atoms with Crippen LogP contribution in [-0.2, 0) is 9.84 Å². The standard InChI is InChI=1S/C26H20N4O4S.2C2H6/c1-35(32,33)21-9-10-22(24(16-21)34-20-11-13-27-14-12-20)26(31)28-19-7-5-18(6-8-19)23-17-30-15-3-2-4-25(30)29-23;2*1-2/h2-17H,1H3,(H,28,31);2*1-2H3. The Morgan fingerprint density at radius 2 is 1.59 bits per heavy atom. The van der Waals surface area contributed by atoms with Gasteiger partial charge in [0.15, 0.2) is 9.84 Å². The van der Waals surface area contributed by atoms with Crippen molar-refractivity contribution in [3.8, 4) is 22.8 Å². The lowest BCUT2D eigenvalue weighted by atomic mass is 10.1. The van der Waals surface area contributed by atoms with Crippen LogP contribution in [0.25, 0.3) is 16.9 Å². The van der Waals surface area contributed by atoms with E-state index in [0.717, 1.165) is 23.2 Å². The summed E-state index contributed by atoms with van der Waals surface area (Å²) in [5.74, 6) is 0.115. The van der Waals surface area contributed by atoms with Gasteiger partial charge in [-0.3, -0.25) is 9.78 Å². The number of pyridine rings is 2. The van der Waals surface area contributed by atoms with Crippen molar-refractivity contribution in [2.75, 3.05) is 11.6 Å². The molecule has 0 unspecified atom stereocenters. The summed E-state index contributed by atoms with van der Waals surface area (Å²) in [4.78, 5) is 21.7. The molecule has 0 aliphatic rings. The van der Waals surface area contributed by atoms with Gasteiger partial charge in [-0.25, -0.2) is 13.4 Å². The van der Waals surface area contributed by atoms with E-state index < -0.39 is 15.7 Å². The van der Waals surface area contributed by atoms with E-state index >= 15 is 0 Å². The second-order valence-electron chi connectivity index (χ2n) is 7.84. The van der Waals surface area contributed by atoms with Gasteiger partial charge < -0.3 is 14.5 Å². The Kier molecular flexibility index (Phi) is 9.94. The number of sulfone groups is 1. The van der Waals surface area contributed by atoms with E-state index in [1.165, 1.54) is 18.2 Å². The molecule has 0 spiro atoms. The first kappa shape index (κ1) is 29.1. The van der Waals surface area contributed by atoms with Gasteiger partial charge in [0, 0.05) is 48.4 Å². The van der Waals surface area contributed by atoms with E-state index in [9.17, 15) is 13.2 Å². The zero-order valence-electron chi connectivity index (χ0n) is 22.6. The van der Waals surface area contributed by atoms with Crippen LogP contribution < -0.4 is 10.1 Å². The van der Waals surface area contributed by atoms with Gasteiger partial charge in [0.25, 0.3) is 5.91 Å². The molecule has 3 heterocycles. The Morgan fingerprint density at radius 3 is 2.23 bits per heavy atom. The predicted octanol–water partition coefficient (Wildman–Crippen LogP) is 6.90. The number of carbonyl (C=O) groups is 1. The lowest BCUT2D eigenvalue weighted by Gasteiger charge is -2.13. The van der Waals surface area contributed by atoms with E-state index in [-0.39, 0.29) is 16.2 Å². The Hall–Kier alpha value is -4.50. The second-order valence-corrected chi connectivity index (χ2v) is 9.85. The highest BCUT2D eigenvalue weighted by molar-refractivity contribution is 7.90. The fourth-order valence-corrected chi connectivity index (χ4v) is 4.17. The zero-order chi connectivity index (χ0) is 28.4. The molecule has 39 heavy (non-hydrogen) atoms. The number of nitrogens with zero attached hydrogens (tertiary/aromatic N) is 3. The van der Waals surface area contributed by atoms with Crippen molar-refractivity contribution in [1.82, 2.24) is 14.4 Å². The fraction of sp³-hybridized carbons (Fsp3) is 0.167. The number of amides is 1. The molecule has 0 aliphatic heterocycles. The fourth-order valence-electron chi connectivity index (χ4n) is 3.54. The van der Waals surface area contributed by atoms with E-state index in [4.69, 9.17) is 4.74 Å². The van der Waals surface area contributed by atoms with Crippen molar-refractivity contribution in [3.05, 3.63) is 103 Å². The Bertz CT molecular complexity index is 1600. The van der Waals surface area contributed by atoms with Crippen LogP contribution in [0.3, 0.4) is 0 Å². The summed E-state index contributed by atoms with van der Waals surface area (Å²) in [5, 5.41) is 2.84. The number of hydrogen-bond acceptors (Lipinski definition) is 6. The summed E-state index contributed by atoms with van der Waals surface area (Å²) >= 11 is 0. The van der Waals surface area contributed by atoms with Crippen molar-refractivity contribution in [2.45, 2.75) is 32.6 Å². The van der Waals surface area contributed by atoms with Crippen molar-refractivity contribution in [3.63, 3.8) is 0 Å².